The summed E-state index contributed by atoms with van der Waals surface area (Å²) in [7, 11) is 0. The minimum absolute atomic E-state index is 0.100. The fraction of sp³-hybridized carbons (Fsp3) is 0.353. The number of carbonyl (C=O) groups excluding carboxylic acids is 1. The number of nitrogens with one attached hydrogen (secondary N) is 1. The summed E-state index contributed by atoms with van der Waals surface area (Å²) in [4.78, 5) is 28.3. The van der Waals surface area contributed by atoms with Crippen LogP contribution in [0.2, 0.25) is 0 Å². The summed E-state index contributed by atoms with van der Waals surface area (Å²) in [6.45, 7) is 0.376. The molecule has 2 aromatic rings. The SMILES string of the molecule is O=C(O)c1ccc(CNC(=O)c2scnc2C2CCCC2)cc1. The van der Waals surface area contributed by atoms with Crippen molar-refractivity contribution in [1.29, 1.82) is 0 Å². The molecule has 1 aromatic carbocycles. The van der Waals surface area contributed by atoms with Gasteiger partial charge in [0.15, 0.2) is 0 Å². The lowest BCUT2D eigenvalue weighted by molar-refractivity contribution is 0.0696. The van der Waals surface area contributed by atoms with Crippen molar-refractivity contribution < 1.29 is 14.7 Å². The molecule has 2 N–H and O–H groups in total. The van der Waals surface area contributed by atoms with E-state index < -0.39 is 5.97 Å². The molecule has 1 aromatic heterocycles. The second-order valence-electron chi connectivity index (χ2n) is 5.73. The number of thiazole rings is 1. The first-order chi connectivity index (χ1) is 11.1. The maximum Gasteiger partial charge on any atom is 0.335 e. The Hall–Kier alpha value is -2.21. The lowest BCUT2D eigenvalue weighted by atomic mass is 10.0. The number of aromatic nitrogens is 1. The van der Waals surface area contributed by atoms with Crippen LogP contribution in [-0.4, -0.2) is 22.0 Å². The van der Waals surface area contributed by atoms with Crippen LogP contribution >= 0.6 is 11.3 Å². The Morgan fingerprint density at radius 1 is 1.22 bits per heavy atom. The van der Waals surface area contributed by atoms with Crippen molar-refractivity contribution in [3.63, 3.8) is 0 Å². The summed E-state index contributed by atoms with van der Waals surface area (Å²) >= 11 is 1.39. The number of hydrogen-bond acceptors (Lipinski definition) is 4. The number of carbonyl (C=O) groups is 2. The lowest BCUT2D eigenvalue weighted by Gasteiger charge is -2.09. The molecule has 6 heteroatoms. The van der Waals surface area contributed by atoms with Crippen molar-refractivity contribution in [1.82, 2.24) is 10.3 Å². The number of aromatic carboxylic acids is 1. The number of carboxylic acids is 1. The molecule has 1 aliphatic carbocycles. The van der Waals surface area contributed by atoms with E-state index in [0.29, 0.717) is 17.3 Å². The van der Waals surface area contributed by atoms with Crippen LogP contribution in [0.1, 0.15) is 62.9 Å². The fourth-order valence-electron chi connectivity index (χ4n) is 2.94. The number of hydrogen-bond donors (Lipinski definition) is 2. The highest BCUT2D eigenvalue weighted by atomic mass is 32.1. The maximum absolute atomic E-state index is 12.4. The van der Waals surface area contributed by atoms with Crippen LogP contribution in [0.15, 0.2) is 29.8 Å². The summed E-state index contributed by atoms with van der Waals surface area (Å²) in [6.07, 6.45) is 4.64. The fourth-order valence-corrected chi connectivity index (χ4v) is 3.73. The molecule has 0 atom stereocenters. The summed E-state index contributed by atoms with van der Waals surface area (Å²) in [5, 5.41) is 11.8. The van der Waals surface area contributed by atoms with Crippen LogP contribution < -0.4 is 5.32 Å². The highest BCUT2D eigenvalue weighted by Crippen LogP contribution is 2.36. The molecule has 1 amide bonds. The van der Waals surface area contributed by atoms with Crippen molar-refractivity contribution in [3.05, 3.63) is 51.5 Å². The zero-order valence-electron chi connectivity index (χ0n) is 12.6. The number of benzene rings is 1. The van der Waals surface area contributed by atoms with Gasteiger partial charge in [-0.2, -0.15) is 0 Å². The predicted molar refractivity (Wildman–Crippen MR) is 87.9 cm³/mol. The number of carboxylic acid groups (broad SMARTS) is 1. The molecule has 1 saturated carbocycles. The highest BCUT2D eigenvalue weighted by molar-refractivity contribution is 7.11. The topological polar surface area (TPSA) is 79.3 Å². The summed E-state index contributed by atoms with van der Waals surface area (Å²) in [5.41, 5.74) is 3.79. The molecule has 5 nitrogen and oxygen atoms in total. The first kappa shape index (κ1) is 15.7. The largest absolute Gasteiger partial charge is 0.478 e. The summed E-state index contributed by atoms with van der Waals surface area (Å²) in [5.74, 6) is -0.639. The monoisotopic (exact) mass is 330 g/mol. The minimum atomic E-state index is -0.952. The Balaban J connectivity index is 1.63. The van der Waals surface area contributed by atoms with Crippen molar-refractivity contribution in [2.45, 2.75) is 38.1 Å². The summed E-state index contributed by atoms with van der Waals surface area (Å²) in [6, 6.07) is 6.52. The molecule has 0 saturated heterocycles. The molecular weight excluding hydrogens is 312 g/mol. The predicted octanol–water partition coefficient (Wildman–Crippen LogP) is 3.43. The molecule has 120 valence electrons. The van der Waals surface area contributed by atoms with E-state index in [4.69, 9.17) is 5.11 Å². The standard InChI is InChI=1S/C17H18N2O3S/c20-16(15-14(19-10-23-15)12-3-1-2-4-12)18-9-11-5-7-13(8-6-11)17(21)22/h5-8,10,12H,1-4,9H2,(H,18,20)(H,21,22). The molecule has 1 heterocycles. The first-order valence-electron chi connectivity index (χ1n) is 7.69. The zero-order chi connectivity index (χ0) is 16.2. The van der Waals surface area contributed by atoms with E-state index in [1.54, 1.807) is 29.8 Å². The van der Waals surface area contributed by atoms with Crippen LogP contribution in [0, 0.1) is 0 Å². The van der Waals surface area contributed by atoms with Gasteiger partial charge in [0.05, 0.1) is 16.8 Å². The van der Waals surface area contributed by atoms with Crippen LogP contribution in [0.5, 0.6) is 0 Å². The Kier molecular flexibility index (Phi) is 4.71. The van der Waals surface area contributed by atoms with Crippen molar-refractivity contribution in [2.75, 3.05) is 0 Å². The Labute approximate surface area is 138 Å². The van der Waals surface area contributed by atoms with Crippen molar-refractivity contribution >= 4 is 23.2 Å². The lowest BCUT2D eigenvalue weighted by Crippen LogP contribution is -2.23. The van der Waals surface area contributed by atoms with E-state index in [1.807, 2.05) is 0 Å². The second kappa shape index (κ2) is 6.91. The van der Waals surface area contributed by atoms with Gasteiger partial charge in [-0.25, -0.2) is 9.78 Å². The third-order valence-corrected chi connectivity index (χ3v) is 5.04. The molecule has 23 heavy (non-hydrogen) atoms. The van der Waals surface area contributed by atoms with Gasteiger partial charge in [-0.05, 0) is 30.5 Å². The highest BCUT2D eigenvalue weighted by Gasteiger charge is 2.25. The molecular formula is C17H18N2O3S. The average Bonchev–Trinajstić information content (AvgIpc) is 3.23. The van der Waals surface area contributed by atoms with Gasteiger partial charge in [-0.15, -0.1) is 11.3 Å². The van der Waals surface area contributed by atoms with E-state index in [1.165, 1.54) is 24.2 Å². The van der Waals surface area contributed by atoms with Gasteiger partial charge < -0.3 is 10.4 Å². The third-order valence-electron chi connectivity index (χ3n) is 4.20. The molecule has 1 fully saturated rings. The Morgan fingerprint density at radius 2 is 1.91 bits per heavy atom. The van der Waals surface area contributed by atoms with Crippen LogP contribution in [0.4, 0.5) is 0 Å². The zero-order valence-corrected chi connectivity index (χ0v) is 13.4. The van der Waals surface area contributed by atoms with E-state index in [-0.39, 0.29) is 11.5 Å². The molecule has 0 bridgehead atoms. The molecule has 0 aliphatic heterocycles. The maximum atomic E-state index is 12.4. The van der Waals surface area contributed by atoms with Gasteiger partial charge in [0, 0.05) is 12.5 Å². The summed E-state index contributed by atoms with van der Waals surface area (Å²) < 4.78 is 0. The van der Waals surface area contributed by atoms with Crippen LogP contribution in [0.3, 0.4) is 0 Å². The van der Waals surface area contributed by atoms with Gasteiger partial charge >= 0.3 is 5.97 Å². The molecule has 0 radical (unpaired) electrons. The first-order valence-corrected chi connectivity index (χ1v) is 8.57. The third kappa shape index (κ3) is 3.59. The van der Waals surface area contributed by atoms with Gasteiger partial charge in [-0.1, -0.05) is 25.0 Å². The average molecular weight is 330 g/mol. The normalized spacial score (nSPS) is 14.8. The minimum Gasteiger partial charge on any atom is -0.478 e. The van der Waals surface area contributed by atoms with Crippen molar-refractivity contribution in [3.8, 4) is 0 Å². The van der Waals surface area contributed by atoms with E-state index >= 15 is 0 Å². The van der Waals surface area contributed by atoms with E-state index in [9.17, 15) is 9.59 Å². The molecule has 0 unspecified atom stereocenters. The number of nitrogens with zero attached hydrogens (tertiary/aromatic N) is 1. The smallest absolute Gasteiger partial charge is 0.335 e. The van der Waals surface area contributed by atoms with Gasteiger partial charge in [0.2, 0.25) is 0 Å². The van der Waals surface area contributed by atoms with Crippen LogP contribution in [0.25, 0.3) is 0 Å². The van der Waals surface area contributed by atoms with Crippen molar-refractivity contribution in [2.24, 2.45) is 0 Å². The Bertz CT molecular complexity index is 703. The molecule has 1 aliphatic rings. The molecule has 0 spiro atoms. The van der Waals surface area contributed by atoms with Gasteiger partial charge in [0.25, 0.3) is 5.91 Å². The van der Waals surface area contributed by atoms with E-state index in [2.05, 4.69) is 10.3 Å². The number of amides is 1. The van der Waals surface area contributed by atoms with E-state index in [0.717, 1.165) is 24.1 Å². The second-order valence-corrected chi connectivity index (χ2v) is 6.59. The quantitative estimate of drug-likeness (QED) is 0.880. The number of rotatable bonds is 5. The van der Waals surface area contributed by atoms with Gasteiger partial charge in [-0.3, -0.25) is 4.79 Å². The van der Waals surface area contributed by atoms with Crippen LogP contribution in [-0.2, 0) is 6.54 Å². The van der Waals surface area contributed by atoms with Gasteiger partial charge in [0.1, 0.15) is 4.88 Å². The Morgan fingerprint density at radius 3 is 2.57 bits per heavy atom. The molecule has 3 rings (SSSR count).